The van der Waals surface area contributed by atoms with Crippen LogP contribution in [0.4, 0.5) is 11.4 Å². The number of non-ortho nitro benzene ring substituents is 1. The summed E-state index contributed by atoms with van der Waals surface area (Å²) in [5, 5.41) is 13.3. The van der Waals surface area contributed by atoms with Crippen LogP contribution in [0.1, 0.15) is 57.3 Å². The molecule has 0 radical (unpaired) electrons. The molecule has 0 bridgehead atoms. The van der Waals surface area contributed by atoms with E-state index in [1.165, 1.54) is 55.5 Å². The number of nitro groups is 1. The number of benzene rings is 3. The highest BCUT2D eigenvalue weighted by molar-refractivity contribution is 6.01. The molecule has 0 heterocycles. The molecule has 0 fully saturated rings. The molecule has 0 spiro atoms. The predicted octanol–water partition coefficient (Wildman–Crippen LogP) is 4.56. The molecule has 0 aliphatic heterocycles. The number of nitrogens with one attached hydrogen (secondary N) is 1. The standard InChI is InChI=1S/C29H26N2O9/c1-19(28(35)21-6-3-2-4-7-21)40-29(36)22-10-14-23(15-11-22)30-26(33)8-5-9-27(34)39-18-25(32)20-12-16-24(17-13-20)31(37)38/h2-4,6-7,10-17,19H,5,8-9,18H2,1H3,(H,30,33). The van der Waals surface area contributed by atoms with Crippen LogP contribution >= 0.6 is 0 Å². The Labute approximate surface area is 229 Å². The maximum absolute atomic E-state index is 12.4. The van der Waals surface area contributed by atoms with Gasteiger partial charge in [-0.2, -0.15) is 0 Å². The van der Waals surface area contributed by atoms with Gasteiger partial charge in [-0.3, -0.25) is 29.3 Å². The molecule has 0 aromatic heterocycles. The van der Waals surface area contributed by atoms with E-state index in [4.69, 9.17) is 9.47 Å². The van der Waals surface area contributed by atoms with Crippen LogP contribution in [0, 0.1) is 10.1 Å². The van der Waals surface area contributed by atoms with Crippen molar-refractivity contribution in [2.45, 2.75) is 32.3 Å². The second-order valence-corrected chi connectivity index (χ2v) is 8.64. The molecule has 1 amide bonds. The van der Waals surface area contributed by atoms with E-state index >= 15 is 0 Å². The van der Waals surface area contributed by atoms with E-state index in [1.54, 1.807) is 30.3 Å². The molecule has 1 N–H and O–H groups in total. The van der Waals surface area contributed by atoms with E-state index < -0.39 is 35.4 Å². The molecule has 0 aliphatic carbocycles. The molecule has 40 heavy (non-hydrogen) atoms. The molecule has 3 aromatic rings. The number of Topliss-reactive ketones (excluding diaryl/α,β-unsaturated/α-hetero) is 2. The third-order valence-electron chi connectivity index (χ3n) is 5.66. The molecule has 206 valence electrons. The molecule has 11 nitrogen and oxygen atoms in total. The minimum absolute atomic E-state index is 0.00824. The van der Waals surface area contributed by atoms with Crippen molar-refractivity contribution >= 4 is 40.8 Å². The van der Waals surface area contributed by atoms with E-state index in [0.717, 1.165) is 0 Å². The highest BCUT2D eigenvalue weighted by Gasteiger charge is 2.20. The molecule has 11 heteroatoms. The zero-order valence-electron chi connectivity index (χ0n) is 21.5. The highest BCUT2D eigenvalue weighted by Crippen LogP contribution is 2.15. The van der Waals surface area contributed by atoms with Crippen molar-refractivity contribution in [3.8, 4) is 0 Å². The van der Waals surface area contributed by atoms with Gasteiger partial charge in [-0.05, 0) is 49.7 Å². The van der Waals surface area contributed by atoms with Crippen molar-refractivity contribution in [1.29, 1.82) is 0 Å². The molecule has 1 unspecified atom stereocenters. The van der Waals surface area contributed by atoms with Crippen molar-refractivity contribution in [2.75, 3.05) is 11.9 Å². The van der Waals surface area contributed by atoms with Crippen LogP contribution in [0.2, 0.25) is 0 Å². The summed E-state index contributed by atoms with van der Waals surface area (Å²) >= 11 is 0. The predicted molar refractivity (Wildman–Crippen MR) is 143 cm³/mol. The van der Waals surface area contributed by atoms with Gasteiger partial charge in [0.15, 0.2) is 18.5 Å². The number of hydrogen-bond donors (Lipinski definition) is 1. The first kappa shape index (κ1) is 29.4. The first-order valence-electron chi connectivity index (χ1n) is 12.3. The Bertz CT molecular complexity index is 1390. The average molecular weight is 547 g/mol. The van der Waals surface area contributed by atoms with Crippen LogP contribution in [-0.4, -0.2) is 47.0 Å². The maximum Gasteiger partial charge on any atom is 0.338 e. The van der Waals surface area contributed by atoms with Crippen LogP contribution in [0.15, 0.2) is 78.9 Å². The highest BCUT2D eigenvalue weighted by atomic mass is 16.6. The number of ether oxygens (including phenoxy) is 2. The zero-order chi connectivity index (χ0) is 29.1. The first-order chi connectivity index (χ1) is 19.1. The molecule has 0 saturated heterocycles. The van der Waals surface area contributed by atoms with Gasteiger partial charge in [-0.1, -0.05) is 30.3 Å². The molecule has 0 aliphatic rings. The minimum Gasteiger partial charge on any atom is -0.457 e. The van der Waals surface area contributed by atoms with Crippen molar-refractivity contribution in [2.24, 2.45) is 0 Å². The molecular formula is C29H26N2O9. The number of carbonyl (C=O) groups excluding carboxylic acids is 5. The second kappa shape index (κ2) is 14.1. The smallest absolute Gasteiger partial charge is 0.338 e. The number of rotatable bonds is 13. The van der Waals surface area contributed by atoms with Gasteiger partial charge in [0.2, 0.25) is 11.7 Å². The summed E-state index contributed by atoms with van der Waals surface area (Å²) in [5.74, 6) is -2.54. The Kier molecular flexibility index (Phi) is 10.4. The fourth-order valence-corrected chi connectivity index (χ4v) is 3.50. The van der Waals surface area contributed by atoms with Gasteiger partial charge >= 0.3 is 11.9 Å². The molecule has 0 saturated carbocycles. The summed E-state index contributed by atoms with van der Waals surface area (Å²) < 4.78 is 10.2. The first-order valence-corrected chi connectivity index (χ1v) is 12.3. The van der Waals surface area contributed by atoms with E-state index in [1.807, 2.05) is 0 Å². The van der Waals surface area contributed by atoms with Crippen LogP contribution < -0.4 is 5.32 Å². The number of nitrogens with zero attached hydrogens (tertiary/aromatic N) is 1. The lowest BCUT2D eigenvalue weighted by Crippen LogP contribution is -2.24. The Morgan fingerprint density at radius 3 is 2.08 bits per heavy atom. The van der Waals surface area contributed by atoms with Crippen molar-refractivity contribution < 1.29 is 38.4 Å². The summed E-state index contributed by atoms with van der Waals surface area (Å²) in [6.45, 7) is 0.977. The lowest BCUT2D eigenvalue weighted by Gasteiger charge is -2.12. The number of esters is 2. The molecular weight excluding hydrogens is 520 g/mol. The van der Waals surface area contributed by atoms with E-state index in [9.17, 15) is 34.1 Å². The SMILES string of the molecule is CC(OC(=O)c1ccc(NC(=O)CCCC(=O)OCC(=O)c2ccc([N+](=O)[O-])cc2)cc1)C(=O)c1ccccc1. The third-order valence-corrected chi connectivity index (χ3v) is 5.66. The van der Waals surface area contributed by atoms with Gasteiger partial charge in [-0.15, -0.1) is 0 Å². The number of carbonyl (C=O) groups is 5. The fraction of sp³-hybridized carbons (Fsp3) is 0.207. The molecule has 1 atom stereocenters. The van der Waals surface area contributed by atoms with Crippen LogP contribution in [0.3, 0.4) is 0 Å². The Hall–Kier alpha value is -5.19. The Morgan fingerprint density at radius 2 is 1.45 bits per heavy atom. The number of nitro benzene ring substituents is 1. The van der Waals surface area contributed by atoms with E-state index in [-0.39, 0.29) is 47.8 Å². The van der Waals surface area contributed by atoms with Gasteiger partial charge in [0.05, 0.1) is 10.5 Å². The van der Waals surface area contributed by atoms with Crippen LogP contribution in [0.25, 0.3) is 0 Å². The van der Waals surface area contributed by atoms with E-state index in [2.05, 4.69) is 5.32 Å². The summed E-state index contributed by atoms with van der Waals surface area (Å²) in [4.78, 5) is 71.0. The van der Waals surface area contributed by atoms with Gasteiger partial charge < -0.3 is 14.8 Å². The zero-order valence-corrected chi connectivity index (χ0v) is 21.5. The maximum atomic E-state index is 12.4. The van der Waals surface area contributed by atoms with Crippen molar-refractivity contribution in [3.05, 3.63) is 106 Å². The monoisotopic (exact) mass is 546 g/mol. The second-order valence-electron chi connectivity index (χ2n) is 8.64. The van der Waals surface area contributed by atoms with Crippen molar-refractivity contribution in [3.63, 3.8) is 0 Å². The topological polar surface area (TPSA) is 159 Å². The largest absolute Gasteiger partial charge is 0.457 e. The van der Waals surface area contributed by atoms with Gasteiger partial charge in [0.1, 0.15) is 0 Å². The van der Waals surface area contributed by atoms with Crippen LogP contribution in [0.5, 0.6) is 0 Å². The van der Waals surface area contributed by atoms with Crippen LogP contribution in [-0.2, 0) is 19.1 Å². The van der Waals surface area contributed by atoms with Gasteiger partial charge in [-0.25, -0.2) is 4.79 Å². The summed E-state index contributed by atoms with van der Waals surface area (Å²) in [7, 11) is 0. The number of hydrogen-bond acceptors (Lipinski definition) is 9. The Morgan fingerprint density at radius 1 is 0.825 bits per heavy atom. The Balaban J connectivity index is 1.37. The summed E-state index contributed by atoms with van der Waals surface area (Å²) in [5.41, 5.74) is 1.08. The lowest BCUT2D eigenvalue weighted by molar-refractivity contribution is -0.384. The molecule has 3 aromatic carbocycles. The normalized spacial score (nSPS) is 11.1. The number of amides is 1. The average Bonchev–Trinajstić information content (AvgIpc) is 2.96. The third kappa shape index (κ3) is 8.69. The molecule has 3 rings (SSSR count). The quantitative estimate of drug-likeness (QED) is 0.140. The summed E-state index contributed by atoms with van der Waals surface area (Å²) in [6, 6.07) is 19.3. The van der Waals surface area contributed by atoms with E-state index in [0.29, 0.717) is 11.3 Å². The summed E-state index contributed by atoms with van der Waals surface area (Å²) in [6.07, 6.45) is -0.880. The minimum atomic E-state index is -0.971. The fourth-order valence-electron chi connectivity index (χ4n) is 3.50. The lowest BCUT2D eigenvalue weighted by atomic mass is 10.1. The number of ketones is 2. The number of anilines is 1. The van der Waals surface area contributed by atoms with Gasteiger partial charge in [0, 0.05) is 41.8 Å². The van der Waals surface area contributed by atoms with Gasteiger partial charge in [0.25, 0.3) is 5.69 Å². The van der Waals surface area contributed by atoms with Crippen molar-refractivity contribution in [1.82, 2.24) is 0 Å².